The Bertz CT molecular complexity index is 1060. The van der Waals surface area contributed by atoms with Crippen molar-refractivity contribution in [3.63, 3.8) is 0 Å². The maximum Gasteiger partial charge on any atom is 0.242 e. The molecule has 0 aromatic heterocycles. The molecule has 0 aliphatic rings. The van der Waals surface area contributed by atoms with Gasteiger partial charge in [0.1, 0.15) is 11.8 Å². The van der Waals surface area contributed by atoms with Crippen molar-refractivity contribution < 1.29 is 14.7 Å². The van der Waals surface area contributed by atoms with E-state index in [-0.39, 0.29) is 17.6 Å². The lowest BCUT2D eigenvalue weighted by molar-refractivity contribution is -0.129. The van der Waals surface area contributed by atoms with E-state index in [4.69, 9.17) is 0 Å². The molecular formula is C29H35N3O3. The zero-order valence-electron chi connectivity index (χ0n) is 20.2. The number of rotatable bonds is 13. The van der Waals surface area contributed by atoms with Crippen LogP contribution < -0.4 is 16.0 Å². The monoisotopic (exact) mass is 473 g/mol. The Morgan fingerprint density at radius 2 is 1.46 bits per heavy atom. The molecule has 6 heteroatoms. The van der Waals surface area contributed by atoms with Crippen LogP contribution in [-0.2, 0) is 29.0 Å². The fraction of sp³-hybridized carbons (Fsp3) is 0.310. The zero-order valence-corrected chi connectivity index (χ0v) is 20.2. The maximum atomic E-state index is 13.1. The van der Waals surface area contributed by atoms with Crippen LogP contribution >= 0.6 is 0 Å². The Kier molecular flexibility index (Phi) is 10.3. The van der Waals surface area contributed by atoms with Gasteiger partial charge >= 0.3 is 0 Å². The third kappa shape index (κ3) is 9.26. The van der Waals surface area contributed by atoms with E-state index in [2.05, 4.69) is 28.1 Å². The van der Waals surface area contributed by atoms with Crippen molar-refractivity contribution in [3.05, 3.63) is 102 Å². The van der Waals surface area contributed by atoms with Crippen LogP contribution in [0.5, 0.6) is 5.75 Å². The van der Waals surface area contributed by atoms with Crippen LogP contribution in [0.3, 0.4) is 0 Å². The number of hydrogen-bond acceptors (Lipinski definition) is 4. The summed E-state index contributed by atoms with van der Waals surface area (Å²) in [7, 11) is 0. The Labute approximate surface area is 207 Å². The number of phenolic OH excluding ortho intramolecular Hbond substituents is 1. The molecule has 35 heavy (non-hydrogen) atoms. The second kappa shape index (κ2) is 13.9. The van der Waals surface area contributed by atoms with Gasteiger partial charge < -0.3 is 21.1 Å². The van der Waals surface area contributed by atoms with Gasteiger partial charge in [-0.2, -0.15) is 0 Å². The third-order valence-electron chi connectivity index (χ3n) is 5.89. The molecule has 3 rings (SSSR count). The van der Waals surface area contributed by atoms with Crippen LogP contribution in [0.25, 0.3) is 0 Å². The number of phenols is 1. The van der Waals surface area contributed by atoms with E-state index < -0.39 is 12.1 Å². The first-order valence-electron chi connectivity index (χ1n) is 12.2. The molecule has 3 aromatic rings. The predicted octanol–water partition coefficient (Wildman–Crippen LogP) is 3.74. The smallest absolute Gasteiger partial charge is 0.242 e. The van der Waals surface area contributed by atoms with Gasteiger partial charge in [0.2, 0.25) is 11.8 Å². The van der Waals surface area contributed by atoms with Gasteiger partial charge in [-0.15, -0.1) is 0 Å². The molecule has 0 aliphatic heterocycles. The summed E-state index contributed by atoms with van der Waals surface area (Å²) in [4.78, 5) is 25.6. The van der Waals surface area contributed by atoms with Crippen LogP contribution in [0.15, 0.2) is 84.9 Å². The highest BCUT2D eigenvalue weighted by atomic mass is 16.3. The minimum absolute atomic E-state index is 0.180. The van der Waals surface area contributed by atoms with Crippen LogP contribution in [-0.4, -0.2) is 35.5 Å². The van der Waals surface area contributed by atoms with Crippen LogP contribution in [0.2, 0.25) is 0 Å². The molecule has 0 unspecified atom stereocenters. The van der Waals surface area contributed by atoms with E-state index >= 15 is 0 Å². The molecule has 184 valence electrons. The maximum absolute atomic E-state index is 13.1. The van der Waals surface area contributed by atoms with E-state index in [9.17, 15) is 14.7 Å². The molecule has 3 aromatic carbocycles. The van der Waals surface area contributed by atoms with Crippen molar-refractivity contribution in [1.29, 1.82) is 0 Å². The molecule has 0 aliphatic carbocycles. The van der Waals surface area contributed by atoms with E-state index in [0.717, 1.165) is 30.4 Å². The number of nitrogens with one attached hydrogen (secondary N) is 3. The number of amides is 2. The molecule has 6 nitrogen and oxygen atoms in total. The summed E-state index contributed by atoms with van der Waals surface area (Å²) in [5.74, 6) is -0.136. The first kappa shape index (κ1) is 26.0. The Balaban J connectivity index is 1.51. The Morgan fingerprint density at radius 1 is 0.800 bits per heavy atom. The number of hydrogen-bond donors (Lipinski definition) is 4. The number of aryl methyl sites for hydroxylation is 2. The largest absolute Gasteiger partial charge is 0.508 e. The van der Waals surface area contributed by atoms with Gasteiger partial charge in [-0.25, -0.2) is 0 Å². The summed E-state index contributed by atoms with van der Waals surface area (Å²) in [6.45, 7) is 2.77. The van der Waals surface area contributed by atoms with Crippen LogP contribution in [0, 0.1) is 0 Å². The zero-order chi connectivity index (χ0) is 24.9. The van der Waals surface area contributed by atoms with Gasteiger partial charge in [0.25, 0.3) is 0 Å². The lowest BCUT2D eigenvalue weighted by Crippen LogP contribution is -2.51. The molecule has 0 saturated carbocycles. The molecule has 4 N–H and O–H groups in total. The molecular weight excluding hydrogens is 438 g/mol. The summed E-state index contributed by atoms with van der Waals surface area (Å²) in [5.41, 5.74) is 3.23. The number of aromatic hydroxyl groups is 1. The van der Waals surface area contributed by atoms with Gasteiger partial charge in [-0.1, -0.05) is 72.8 Å². The second-order valence-corrected chi connectivity index (χ2v) is 8.74. The summed E-state index contributed by atoms with van der Waals surface area (Å²) in [6.07, 6.45) is 3.01. The SMILES string of the molecule is C[C@H](NC(=O)[C@@H](CCc1ccccc1)NCCCc1cccc(O)c1)C(=O)NCc1ccccc1. The van der Waals surface area contributed by atoms with E-state index in [1.165, 1.54) is 5.56 Å². The van der Waals surface area contributed by atoms with Gasteiger partial charge in [-0.3, -0.25) is 9.59 Å². The molecule has 0 bridgehead atoms. The van der Waals surface area contributed by atoms with E-state index in [1.54, 1.807) is 19.1 Å². The first-order valence-corrected chi connectivity index (χ1v) is 12.2. The lowest BCUT2D eigenvalue weighted by atomic mass is 10.0. The summed E-state index contributed by atoms with van der Waals surface area (Å²) < 4.78 is 0. The highest BCUT2D eigenvalue weighted by Crippen LogP contribution is 2.12. The highest BCUT2D eigenvalue weighted by molar-refractivity contribution is 5.89. The minimum atomic E-state index is -0.639. The highest BCUT2D eigenvalue weighted by Gasteiger charge is 2.22. The van der Waals surface area contributed by atoms with Gasteiger partial charge in [-0.05, 0) is 68.0 Å². The number of benzene rings is 3. The van der Waals surface area contributed by atoms with Crippen LogP contribution in [0.1, 0.15) is 36.5 Å². The Hall–Kier alpha value is -3.64. The molecule has 0 fully saturated rings. The molecule has 0 saturated heterocycles. The number of carbonyl (C=O) groups excluding carboxylic acids is 2. The molecule has 2 atom stereocenters. The van der Waals surface area contributed by atoms with Gasteiger partial charge in [0.15, 0.2) is 0 Å². The van der Waals surface area contributed by atoms with E-state index in [0.29, 0.717) is 19.5 Å². The molecule has 0 spiro atoms. The average Bonchev–Trinajstić information content (AvgIpc) is 2.88. The average molecular weight is 474 g/mol. The van der Waals surface area contributed by atoms with Gasteiger partial charge in [0.05, 0.1) is 6.04 Å². The Morgan fingerprint density at radius 3 is 2.14 bits per heavy atom. The second-order valence-electron chi connectivity index (χ2n) is 8.74. The first-order chi connectivity index (χ1) is 17.0. The van der Waals surface area contributed by atoms with Gasteiger partial charge in [0, 0.05) is 6.54 Å². The summed E-state index contributed by atoms with van der Waals surface area (Å²) in [6, 6.07) is 25.9. The standard InChI is InChI=1S/C29H35N3O3/c1-22(28(34)31-21-25-12-6-3-7-13-25)32-29(35)27(18-17-23-10-4-2-5-11-23)30-19-9-15-24-14-8-16-26(33)20-24/h2-8,10-14,16,20,22,27,30,33H,9,15,17-19,21H2,1H3,(H,31,34)(H,32,35)/t22-,27+/m0/s1. The number of carbonyl (C=O) groups is 2. The van der Waals surface area contributed by atoms with Crippen molar-refractivity contribution in [2.45, 2.75) is 51.2 Å². The van der Waals surface area contributed by atoms with Crippen molar-refractivity contribution >= 4 is 11.8 Å². The van der Waals surface area contributed by atoms with Crippen molar-refractivity contribution in [1.82, 2.24) is 16.0 Å². The molecule has 2 amide bonds. The van der Waals surface area contributed by atoms with Crippen molar-refractivity contribution in [3.8, 4) is 5.75 Å². The van der Waals surface area contributed by atoms with Crippen molar-refractivity contribution in [2.75, 3.05) is 6.54 Å². The predicted molar refractivity (Wildman–Crippen MR) is 139 cm³/mol. The fourth-order valence-corrected chi connectivity index (χ4v) is 3.88. The molecule has 0 heterocycles. The normalized spacial score (nSPS) is 12.5. The van der Waals surface area contributed by atoms with Crippen molar-refractivity contribution in [2.24, 2.45) is 0 Å². The summed E-state index contributed by atoms with van der Waals surface area (Å²) >= 11 is 0. The minimum Gasteiger partial charge on any atom is -0.508 e. The van der Waals surface area contributed by atoms with Crippen LogP contribution in [0.4, 0.5) is 0 Å². The van der Waals surface area contributed by atoms with E-state index in [1.807, 2.05) is 60.7 Å². The summed E-state index contributed by atoms with van der Waals surface area (Å²) in [5, 5.41) is 18.8. The quantitative estimate of drug-likeness (QED) is 0.285. The molecule has 0 radical (unpaired) electrons. The third-order valence-corrected chi connectivity index (χ3v) is 5.89. The fourth-order valence-electron chi connectivity index (χ4n) is 3.88. The lowest BCUT2D eigenvalue weighted by Gasteiger charge is -2.21. The topological polar surface area (TPSA) is 90.5 Å².